The van der Waals surface area contributed by atoms with E-state index in [0.29, 0.717) is 12.2 Å². The van der Waals surface area contributed by atoms with Gasteiger partial charge in [-0.1, -0.05) is 36.4 Å². The molecule has 0 unspecified atom stereocenters. The second kappa shape index (κ2) is 5.64. The second-order valence-corrected chi connectivity index (χ2v) is 4.60. The van der Waals surface area contributed by atoms with E-state index in [1.54, 1.807) is 0 Å². The summed E-state index contributed by atoms with van der Waals surface area (Å²) in [5.41, 5.74) is 0.723. The van der Waals surface area contributed by atoms with Gasteiger partial charge in [0.1, 0.15) is 5.78 Å². The highest BCUT2D eigenvalue weighted by atomic mass is 16.1. The number of hydrogen-bond donors (Lipinski definition) is 0. The van der Waals surface area contributed by atoms with E-state index in [2.05, 4.69) is 6.58 Å². The molecule has 1 heteroatoms. The van der Waals surface area contributed by atoms with Crippen LogP contribution in [0.4, 0.5) is 0 Å². The summed E-state index contributed by atoms with van der Waals surface area (Å²) in [7, 11) is 0. The standard InChI is InChI=1S/C15H20O/c1-4-5-7-12-14(16)15(2,3)13-10-8-6-9-11-13/h4,6,8-11H,1,5,7,12H2,2-3H3. The number of carbonyl (C=O) groups excluding carboxylic acids is 1. The van der Waals surface area contributed by atoms with Gasteiger partial charge in [-0.3, -0.25) is 4.79 Å². The minimum absolute atomic E-state index is 0.306. The first-order valence-electron chi connectivity index (χ1n) is 5.78. The Morgan fingerprint density at radius 1 is 1.31 bits per heavy atom. The van der Waals surface area contributed by atoms with E-state index in [1.807, 2.05) is 50.3 Å². The lowest BCUT2D eigenvalue weighted by atomic mass is 9.79. The normalized spacial score (nSPS) is 11.1. The highest BCUT2D eigenvalue weighted by Crippen LogP contribution is 2.26. The summed E-state index contributed by atoms with van der Waals surface area (Å²) >= 11 is 0. The second-order valence-electron chi connectivity index (χ2n) is 4.60. The number of benzene rings is 1. The summed E-state index contributed by atoms with van der Waals surface area (Å²) < 4.78 is 0. The molecule has 0 aliphatic carbocycles. The van der Waals surface area contributed by atoms with Crippen molar-refractivity contribution in [1.29, 1.82) is 0 Å². The van der Waals surface area contributed by atoms with Gasteiger partial charge in [-0.25, -0.2) is 0 Å². The molecule has 1 rings (SSSR count). The van der Waals surface area contributed by atoms with E-state index in [-0.39, 0.29) is 5.41 Å². The number of allylic oxidation sites excluding steroid dienone is 1. The van der Waals surface area contributed by atoms with Crippen molar-refractivity contribution in [3.05, 3.63) is 48.6 Å². The fourth-order valence-corrected chi connectivity index (χ4v) is 1.74. The minimum Gasteiger partial charge on any atom is -0.299 e. The average molecular weight is 216 g/mol. The van der Waals surface area contributed by atoms with Gasteiger partial charge in [-0.2, -0.15) is 0 Å². The van der Waals surface area contributed by atoms with Crippen molar-refractivity contribution in [2.24, 2.45) is 0 Å². The molecular formula is C15H20O. The van der Waals surface area contributed by atoms with Crippen molar-refractivity contribution >= 4 is 5.78 Å². The lowest BCUT2D eigenvalue weighted by Gasteiger charge is -2.23. The molecule has 1 aromatic carbocycles. The van der Waals surface area contributed by atoms with Crippen LogP contribution in [0.15, 0.2) is 43.0 Å². The predicted octanol–water partition coefficient (Wildman–Crippen LogP) is 3.89. The molecule has 0 bridgehead atoms. The molecule has 0 fully saturated rings. The third-order valence-electron chi connectivity index (χ3n) is 3.00. The molecular weight excluding hydrogens is 196 g/mol. The maximum absolute atomic E-state index is 12.1. The first-order valence-corrected chi connectivity index (χ1v) is 5.78. The highest BCUT2D eigenvalue weighted by molar-refractivity contribution is 5.89. The molecule has 0 radical (unpaired) electrons. The Hall–Kier alpha value is -1.37. The van der Waals surface area contributed by atoms with E-state index in [1.165, 1.54) is 0 Å². The van der Waals surface area contributed by atoms with Crippen LogP contribution in [0.5, 0.6) is 0 Å². The van der Waals surface area contributed by atoms with Crippen LogP contribution in [-0.2, 0) is 10.2 Å². The van der Waals surface area contributed by atoms with Gasteiger partial charge in [0.05, 0.1) is 0 Å². The van der Waals surface area contributed by atoms with E-state index in [9.17, 15) is 4.79 Å². The number of unbranched alkanes of at least 4 members (excludes halogenated alkanes) is 1. The number of Topliss-reactive ketones (excluding diaryl/α,β-unsaturated/α-hetero) is 1. The van der Waals surface area contributed by atoms with Crippen LogP contribution in [-0.4, -0.2) is 5.78 Å². The Balaban J connectivity index is 2.70. The molecule has 0 heterocycles. The van der Waals surface area contributed by atoms with Gasteiger partial charge >= 0.3 is 0 Å². The molecule has 0 N–H and O–H groups in total. The van der Waals surface area contributed by atoms with Crippen LogP contribution in [0, 0.1) is 0 Å². The van der Waals surface area contributed by atoms with Crippen LogP contribution >= 0.6 is 0 Å². The van der Waals surface area contributed by atoms with Crippen molar-refractivity contribution < 1.29 is 4.79 Å². The van der Waals surface area contributed by atoms with Crippen LogP contribution < -0.4 is 0 Å². The number of rotatable bonds is 6. The maximum Gasteiger partial charge on any atom is 0.142 e. The summed E-state index contributed by atoms with van der Waals surface area (Å²) in [6, 6.07) is 9.97. The topological polar surface area (TPSA) is 17.1 Å². The van der Waals surface area contributed by atoms with Crippen molar-refractivity contribution in [3.63, 3.8) is 0 Å². The molecule has 1 nitrogen and oxygen atoms in total. The predicted molar refractivity (Wildman–Crippen MR) is 68.5 cm³/mol. The van der Waals surface area contributed by atoms with Gasteiger partial charge in [-0.05, 0) is 32.3 Å². The van der Waals surface area contributed by atoms with Crippen molar-refractivity contribution in [2.75, 3.05) is 0 Å². The van der Waals surface area contributed by atoms with Gasteiger partial charge in [0, 0.05) is 11.8 Å². The maximum atomic E-state index is 12.1. The minimum atomic E-state index is -0.373. The molecule has 0 atom stereocenters. The van der Waals surface area contributed by atoms with Crippen molar-refractivity contribution in [3.8, 4) is 0 Å². The molecule has 0 spiro atoms. The molecule has 0 aliphatic heterocycles. The highest BCUT2D eigenvalue weighted by Gasteiger charge is 2.28. The Bertz CT molecular complexity index is 349. The zero-order valence-electron chi connectivity index (χ0n) is 10.2. The Labute approximate surface area is 98.2 Å². The molecule has 0 saturated heterocycles. The van der Waals surface area contributed by atoms with Crippen LogP contribution in [0.25, 0.3) is 0 Å². The summed E-state index contributed by atoms with van der Waals surface area (Å²) in [4.78, 5) is 12.1. The largest absolute Gasteiger partial charge is 0.299 e. The number of hydrogen-bond acceptors (Lipinski definition) is 1. The smallest absolute Gasteiger partial charge is 0.142 e. The number of ketones is 1. The van der Waals surface area contributed by atoms with Crippen LogP contribution in [0.2, 0.25) is 0 Å². The number of carbonyl (C=O) groups is 1. The molecule has 0 saturated carbocycles. The average Bonchev–Trinajstić information content (AvgIpc) is 2.30. The summed E-state index contributed by atoms with van der Waals surface area (Å²) in [5, 5.41) is 0. The third kappa shape index (κ3) is 3.06. The Morgan fingerprint density at radius 3 is 2.50 bits per heavy atom. The van der Waals surface area contributed by atoms with E-state index in [0.717, 1.165) is 18.4 Å². The van der Waals surface area contributed by atoms with Gasteiger partial charge in [0.15, 0.2) is 0 Å². The zero-order valence-corrected chi connectivity index (χ0v) is 10.2. The SMILES string of the molecule is C=CCCCC(=O)C(C)(C)c1ccccc1. The van der Waals surface area contributed by atoms with E-state index >= 15 is 0 Å². The lowest BCUT2D eigenvalue weighted by Crippen LogP contribution is -2.28. The quantitative estimate of drug-likeness (QED) is 0.521. The fraction of sp³-hybridized carbons (Fsp3) is 0.400. The van der Waals surface area contributed by atoms with Gasteiger partial charge in [0.2, 0.25) is 0 Å². The monoisotopic (exact) mass is 216 g/mol. The first-order chi connectivity index (χ1) is 7.59. The van der Waals surface area contributed by atoms with Gasteiger partial charge in [0.25, 0.3) is 0 Å². The van der Waals surface area contributed by atoms with Crippen molar-refractivity contribution in [1.82, 2.24) is 0 Å². The summed E-state index contributed by atoms with van der Waals surface area (Å²) in [6.07, 6.45) is 4.31. The molecule has 1 aromatic rings. The molecule has 86 valence electrons. The van der Waals surface area contributed by atoms with Crippen LogP contribution in [0.3, 0.4) is 0 Å². The van der Waals surface area contributed by atoms with Crippen molar-refractivity contribution in [2.45, 2.75) is 38.5 Å². The van der Waals surface area contributed by atoms with Gasteiger partial charge in [-0.15, -0.1) is 6.58 Å². The fourth-order valence-electron chi connectivity index (χ4n) is 1.74. The lowest BCUT2D eigenvalue weighted by molar-refractivity contribution is -0.123. The van der Waals surface area contributed by atoms with Crippen LogP contribution in [0.1, 0.15) is 38.7 Å². The van der Waals surface area contributed by atoms with Gasteiger partial charge < -0.3 is 0 Å². The van der Waals surface area contributed by atoms with E-state index in [4.69, 9.17) is 0 Å². The first kappa shape index (κ1) is 12.7. The van der Waals surface area contributed by atoms with E-state index < -0.39 is 0 Å². The molecule has 0 amide bonds. The Kier molecular flexibility index (Phi) is 4.48. The summed E-state index contributed by atoms with van der Waals surface area (Å²) in [6.45, 7) is 7.66. The third-order valence-corrected chi connectivity index (χ3v) is 3.00. The molecule has 0 aromatic heterocycles. The Morgan fingerprint density at radius 2 is 1.94 bits per heavy atom. The molecule has 0 aliphatic rings. The zero-order chi connectivity index (χ0) is 12.0. The summed E-state index contributed by atoms with van der Waals surface area (Å²) in [5.74, 6) is 0.306. The molecule has 16 heavy (non-hydrogen) atoms.